The molecule has 0 aliphatic heterocycles. The van der Waals surface area contributed by atoms with Gasteiger partial charge in [0.25, 0.3) is 0 Å². The molecule has 1 rings (SSSR count). The number of nitrogens with one attached hydrogen (secondary N) is 1. The Bertz CT molecular complexity index is 291. The zero-order valence-corrected chi connectivity index (χ0v) is 10.1. The van der Waals surface area contributed by atoms with Gasteiger partial charge in [0, 0.05) is 11.8 Å². The summed E-state index contributed by atoms with van der Waals surface area (Å²) in [5.41, 5.74) is 0.800. The van der Waals surface area contributed by atoms with E-state index in [2.05, 4.69) is 12.2 Å². The van der Waals surface area contributed by atoms with E-state index in [-0.39, 0.29) is 5.82 Å². The molecule has 1 aromatic rings. The van der Waals surface area contributed by atoms with Crippen molar-refractivity contribution in [2.45, 2.75) is 19.4 Å². The van der Waals surface area contributed by atoms with Crippen molar-refractivity contribution in [2.24, 2.45) is 0 Å². The third-order valence-electron chi connectivity index (χ3n) is 2.36. The molecule has 0 saturated carbocycles. The van der Waals surface area contributed by atoms with Crippen molar-refractivity contribution in [3.8, 4) is 0 Å². The van der Waals surface area contributed by atoms with Gasteiger partial charge in [-0.25, -0.2) is 4.39 Å². The van der Waals surface area contributed by atoms with Crippen molar-refractivity contribution in [1.82, 2.24) is 5.32 Å². The smallest absolute Gasteiger partial charge is 0.126 e. The molecule has 0 saturated heterocycles. The molecule has 1 atom stereocenters. The second-order valence-corrected chi connectivity index (χ2v) is 4.76. The van der Waals surface area contributed by atoms with Crippen molar-refractivity contribution in [1.29, 1.82) is 0 Å². The van der Waals surface area contributed by atoms with Crippen molar-refractivity contribution in [2.75, 3.05) is 18.6 Å². The average Bonchev–Trinajstić information content (AvgIpc) is 2.26. The summed E-state index contributed by atoms with van der Waals surface area (Å²) in [4.78, 5) is 0. The van der Waals surface area contributed by atoms with E-state index in [1.165, 1.54) is 6.07 Å². The van der Waals surface area contributed by atoms with Gasteiger partial charge in [-0.3, -0.25) is 0 Å². The van der Waals surface area contributed by atoms with Crippen LogP contribution in [-0.4, -0.2) is 24.6 Å². The number of hydrogen-bond donors (Lipinski definition) is 1. The molecular weight excluding hydrogens is 209 g/mol. The third kappa shape index (κ3) is 4.22. The van der Waals surface area contributed by atoms with Crippen LogP contribution in [0.15, 0.2) is 24.3 Å². The molecule has 0 spiro atoms. The van der Waals surface area contributed by atoms with Crippen LogP contribution >= 0.6 is 11.8 Å². The van der Waals surface area contributed by atoms with Gasteiger partial charge >= 0.3 is 0 Å². The SMILES string of the molecule is CCSCC(Cc1ccccc1F)NC. The summed E-state index contributed by atoms with van der Waals surface area (Å²) in [6, 6.07) is 7.35. The van der Waals surface area contributed by atoms with Gasteiger partial charge < -0.3 is 5.32 Å². The summed E-state index contributed by atoms with van der Waals surface area (Å²) in [6.45, 7) is 2.14. The highest BCUT2D eigenvalue weighted by Crippen LogP contribution is 2.11. The summed E-state index contributed by atoms with van der Waals surface area (Å²) in [5.74, 6) is 2.04. The van der Waals surface area contributed by atoms with Crippen LogP contribution in [0.2, 0.25) is 0 Å². The summed E-state index contributed by atoms with van der Waals surface area (Å²) in [7, 11) is 1.93. The molecule has 15 heavy (non-hydrogen) atoms. The van der Waals surface area contributed by atoms with Crippen LogP contribution in [0.1, 0.15) is 12.5 Å². The third-order valence-corrected chi connectivity index (χ3v) is 3.40. The van der Waals surface area contributed by atoms with Crippen LogP contribution in [0, 0.1) is 5.82 Å². The maximum absolute atomic E-state index is 13.4. The van der Waals surface area contributed by atoms with Crippen molar-refractivity contribution >= 4 is 11.8 Å². The van der Waals surface area contributed by atoms with Gasteiger partial charge in [-0.05, 0) is 30.9 Å². The second kappa shape index (κ2) is 6.85. The Morgan fingerprint density at radius 3 is 2.73 bits per heavy atom. The average molecular weight is 227 g/mol. The number of rotatable bonds is 6. The first-order chi connectivity index (χ1) is 7.27. The Balaban J connectivity index is 2.54. The molecule has 84 valence electrons. The van der Waals surface area contributed by atoms with E-state index < -0.39 is 0 Å². The fourth-order valence-electron chi connectivity index (χ4n) is 1.43. The summed E-state index contributed by atoms with van der Waals surface area (Å²) in [6.07, 6.45) is 0.760. The number of benzene rings is 1. The van der Waals surface area contributed by atoms with E-state index >= 15 is 0 Å². The van der Waals surface area contributed by atoms with E-state index in [4.69, 9.17) is 0 Å². The van der Waals surface area contributed by atoms with Crippen LogP contribution in [0.5, 0.6) is 0 Å². The van der Waals surface area contributed by atoms with Gasteiger partial charge in [0.15, 0.2) is 0 Å². The molecule has 1 nitrogen and oxygen atoms in total. The molecule has 1 aromatic carbocycles. The highest BCUT2D eigenvalue weighted by molar-refractivity contribution is 7.99. The first kappa shape index (κ1) is 12.5. The van der Waals surface area contributed by atoms with E-state index in [0.29, 0.717) is 6.04 Å². The predicted molar refractivity (Wildman–Crippen MR) is 66.0 cm³/mol. The maximum atomic E-state index is 13.4. The Morgan fingerprint density at radius 2 is 2.13 bits per heavy atom. The minimum Gasteiger partial charge on any atom is -0.316 e. The lowest BCUT2D eigenvalue weighted by Gasteiger charge is -2.15. The number of thioether (sulfide) groups is 1. The molecule has 0 fully saturated rings. The first-order valence-electron chi connectivity index (χ1n) is 5.26. The van der Waals surface area contributed by atoms with E-state index in [1.807, 2.05) is 30.9 Å². The van der Waals surface area contributed by atoms with E-state index in [9.17, 15) is 4.39 Å². The van der Waals surface area contributed by atoms with Gasteiger partial charge in [-0.15, -0.1) is 0 Å². The molecule has 0 amide bonds. The fourth-order valence-corrected chi connectivity index (χ4v) is 2.24. The predicted octanol–water partition coefficient (Wildman–Crippen LogP) is 2.71. The topological polar surface area (TPSA) is 12.0 Å². The molecule has 0 aliphatic carbocycles. The van der Waals surface area contributed by atoms with Gasteiger partial charge in [0.05, 0.1) is 0 Å². The van der Waals surface area contributed by atoms with Gasteiger partial charge in [0.2, 0.25) is 0 Å². The van der Waals surface area contributed by atoms with E-state index in [1.54, 1.807) is 6.07 Å². The Kier molecular flexibility index (Phi) is 5.73. The second-order valence-electron chi connectivity index (χ2n) is 3.44. The minimum absolute atomic E-state index is 0.0979. The largest absolute Gasteiger partial charge is 0.316 e. The zero-order valence-electron chi connectivity index (χ0n) is 9.29. The minimum atomic E-state index is -0.0979. The monoisotopic (exact) mass is 227 g/mol. The van der Waals surface area contributed by atoms with Crippen LogP contribution in [0.3, 0.4) is 0 Å². The number of halogens is 1. The molecule has 0 bridgehead atoms. The van der Waals surface area contributed by atoms with Crippen molar-refractivity contribution in [3.05, 3.63) is 35.6 Å². The Labute approximate surface area is 95.5 Å². The molecular formula is C12H18FNS. The normalized spacial score (nSPS) is 12.7. The molecule has 3 heteroatoms. The highest BCUT2D eigenvalue weighted by atomic mass is 32.2. The maximum Gasteiger partial charge on any atom is 0.126 e. The highest BCUT2D eigenvalue weighted by Gasteiger charge is 2.09. The van der Waals surface area contributed by atoms with Gasteiger partial charge in [-0.2, -0.15) is 11.8 Å². The summed E-state index contributed by atoms with van der Waals surface area (Å²) >= 11 is 1.88. The van der Waals surface area contributed by atoms with Crippen molar-refractivity contribution < 1.29 is 4.39 Å². The molecule has 0 aromatic heterocycles. The lowest BCUT2D eigenvalue weighted by atomic mass is 10.1. The Morgan fingerprint density at radius 1 is 1.40 bits per heavy atom. The van der Waals surface area contributed by atoms with Crippen LogP contribution < -0.4 is 5.32 Å². The quantitative estimate of drug-likeness (QED) is 0.802. The summed E-state index contributed by atoms with van der Waals surface area (Å²) < 4.78 is 13.4. The number of hydrogen-bond acceptors (Lipinski definition) is 2. The fraction of sp³-hybridized carbons (Fsp3) is 0.500. The number of likely N-dealkylation sites (N-methyl/N-ethyl adjacent to an activating group) is 1. The van der Waals surface area contributed by atoms with Gasteiger partial charge in [-0.1, -0.05) is 25.1 Å². The molecule has 0 aliphatic rings. The Hall–Kier alpha value is -0.540. The van der Waals surface area contributed by atoms with Crippen LogP contribution in [0.25, 0.3) is 0 Å². The summed E-state index contributed by atoms with van der Waals surface area (Å²) in [5, 5.41) is 3.23. The standard InChI is InChI=1S/C12H18FNS/c1-3-15-9-11(14-2)8-10-6-4-5-7-12(10)13/h4-7,11,14H,3,8-9H2,1-2H3. The molecule has 0 radical (unpaired) electrons. The molecule has 1 unspecified atom stereocenters. The molecule has 0 heterocycles. The van der Waals surface area contributed by atoms with Gasteiger partial charge in [0.1, 0.15) is 5.82 Å². The van der Waals surface area contributed by atoms with Crippen LogP contribution in [0.4, 0.5) is 4.39 Å². The molecule has 1 N–H and O–H groups in total. The van der Waals surface area contributed by atoms with Crippen molar-refractivity contribution in [3.63, 3.8) is 0 Å². The first-order valence-corrected chi connectivity index (χ1v) is 6.41. The zero-order chi connectivity index (χ0) is 11.1. The van der Waals surface area contributed by atoms with Crippen LogP contribution in [-0.2, 0) is 6.42 Å². The van der Waals surface area contributed by atoms with E-state index in [0.717, 1.165) is 23.5 Å². The lowest BCUT2D eigenvalue weighted by Crippen LogP contribution is -2.30. The lowest BCUT2D eigenvalue weighted by molar-refractivity contribution is 0.568.